The molecule has 0 radical (unpaired) electrons. The second-order valence-electron chi connectivity index (χ2n) is 6.21. The lowest BCUT2D eigenvalue weighted by atomic mass is 10.1. The minimum absolute atomic E-state index is 0.393. The van der Waals surface area contributed by atoms with E-state index < -0.39 is 0 Å². The molecule has 1 unspecified atom stereocenters. The number of ether oxygens (including phenoxy) is 1. The summed E-state index contributed by atoms with van der Waals surface area (Å²) in [6.45, 7) is 4.16. The Kier molecular flexibility index (Phi) is 4.26. The van der Waals surface area contributed by atoms with Gasteiger partial charge in [-0.05, 0) is 44.8 Å². The number of pyridine rings is 1. The van der Waals surface area contributed by atoms with Gasteiger partial charge in [0.15, 0.2) is 0 Å². The zero-order valence-electron chi connectivity index (χ0n) is 13.3. The molecule has 1 atom stereocenters. The van der Waals surface area contributed by atoms with Crippen LogP contribution in [0.1, 0.15) is 31.7 Å². The molecule has 3 aromatic heterocycles. The summed E-state index contributed by atoms with van der Waals surface area (Å²) in [5, 5.41) is 4.36. The topological polar surface area (TPSA) is 67.8 Å². The van der Waals surface area contributed by atoms with Gasteiger partial charge >= 0.3 is 0 Å². The number of hydrogen-bond donors (Lipinski definition) is 2. The number of fused-ring (bicyclic) bond motifs is 3. The summed E-state index contributed by atoms with van der Waals surface area (Å²) >= 11 is 0. The van der Waals surface area contributed by atoms with Crippen LogP contribution in [0.3, 0.4) is 0 Å². The first-order valence-corrected chi connectivity index (χ1v) is 8.50. The number of nitrogens with one attached hydrogen (secondary N) is 2. The molecule has 2 fully saturated rings. The highest BCUT2D eigenvalue weighted by Crippen LogP contribution is 2.28. The number of hydrogen-bond acceptors (Lipinski definition) is 4. The van der Waals surface area contributed by atoms with Gasteiger partial charge in [0.25, 0.3) is 0 Å². The van der Waals surface area contributed by atoms with Gasteiger partial charge in [-0.15, -0.1) is 0 Å². The van der Waals surface area contributed by atoms with Crippen LogP contribution in [-0.4, -0.2) is 45.8 Å². The Bertz CT molecular complexity index is 760. The van der Waals surface area contributed by atoms with Crippen LogP contribution in [0.15, 0.2) is 24.8 Å². The average Bonchev–Trinajstić information content (AvgIpc) is 3.35. The first-order chi connectivity index (χ1) is 11.4. The van der Waals surface area contributed by atoms with Gasteiger partial charge in [0, 0.05) is 18.2 Å². The maximum Gasteiger partial charge on any atom is 0.139 e. The number of aromatic amines is 1. The number of imidazole rings is 1. The van der Waals surface area contributed by atoms with E-state index in [1.165, 1.54) is 25.9 Å². The quantitative estimate of drug-likeness (QED) is 0.725. The first-order valence-electron chi connectivity index (χ1n) is 8.50. The Morgan fingerprint density at radius 1 is 1.17 bits per heavy atom. The third kappa shape index (κ3) is 2.96. The highest BCUT2D eigenvalue weighted by atomic mass is 16.5. The Hall–Kier alpha value is -1.92. The molecule has 6 heteroatoms. The largest absolute Gasteiger partial charge is 0.379 e. The number of rotatable bonds is 1. The smallest absolute Gasteiger partial charge is 0.139 e. The van der Waals surface area contributed by atoms with Gasteiger partial charge in [-0.3, -0.25) is 0 Å². The SMILES string of the molecule is C1CCNC1.c1cc2c(ncc3ncn(C4CCCOC4)c32)[nH]1. The molecule has 2 saturated heterocycles. The van der Waals surface area contributed by atoms with Crippen LogP contribution < -0.4 is 5.32 Å². The van der Waals surface area contributed by atoms with E-state index >= 15 is 0 Å². The second-order valence-corrected chi connectivity index (χ2v) is 6.21. The molecule has 5 heterocycles. The van der Waals surface area contributed by atoms with E-state index in [0.29, 0.717) is 6.04 Å². The summed E-state index contributed by atoms with van der Waals surface area (Å²) in [6.07, 6.45) is 10.7. The first kappa shape index (κ1) is 14.7. The van der Waals surface area contributed by atoms with Gasteiger partial charge < -0.3 is 19.6 Å². The average molecular weight is 313 g/mol. The molecule has 5 rings (SSSR count). The van der Waals surface area contributed by atoms with E-state index in [1.54, 1.807) is 0 Å². The molecule has 3 aromatic rings. The maximum atomic E-state index is 5.58. The van der Waals surface area contributed by atoms with Gasteiger partial charge in [0.1, 0.15) is 11.2 Å². The van der Waals surface area contributed by atoms with Gasteiger partial charge in [0.05, 0.1) is 30.7 Å². The van der Waals surface area contributed by atoms with Crippen LogP contribution in [0.4, 0.5) is 0 Å². The summed E-state index contributed by atoms with van der Waals surface area (Å²) in [7, 11) is 0. The fourth-order valence-corrected chi connectivity index (χ4v) is 3.38. The molecular weight excluding hydrogens is 290 g/mol. The van der Waals surface area contributed by atoms with E-state index in [1.807, 2.05) is 18.7 Å². The van der Waals surface area contributed by atoms with Crippen molar-refractivity contribution in [2.45, 2.75) is 31.7 Å². The van der Waals surface area contributed by atoms with Crippen molar-refractivity contribution in [3.8, 4) is 0 Å². The fourth-order valence-electron chi connectivity index (χ4n) is 3.38. The van der Waals surface area contributed by atoms with Crippen molar-refractivity contribution < 1.29 is 4.74 Å². The molecule has 2 aliphatic heterocycles. The van der Waals surface area contributed by atoms with Gasteiger partial charge in [-0.2, -0.15) is 0 Å². The van der Waals surface area contributed by atoms with Crippen LogP contribution in [0.5, 0.6) is 0 Å². The molecular formula is C17H23N5O. The molecule has 6 nitrogen and oxygen atoms in total. The molecule has 2 N–H and O–H groups in total. The molecule has 122 valence electrons. The van der Waals surface area contributed by atoms with Crippen LogP contribution in [0.2, 0.25) is 0 Å². The predicted molar refractivity (Wildman–Crippen MR) is 90.6 cm³/mol. The van der Waals surface area contributed by atoms with Crippen molar-refractivity contribution in [2.24, 2.45) is 0 Å². The number of nitrogens with zero attached hydrogens (tertiary/aromatic N) is 3. The zero-order chi connectivity index (χ0) is 15.5. The van der Waals surface area contributed by atoms with Crippen molar-refractivity contribution in [1.29, 1.82) is 0 Å². The molecule has 0 aromatic carbocycles. The van der Waals surface area contributed by atoms with Crippen LogP contribution in [-0.2, 0) is 4.74 Å². The Morgan fingerprint density at radius 3 is 2.83 bits per heavy atom. The van der Waals surface area contributed by atoms with Crippen molar-refractivity contribution >= 4 is 22.1 Å². The molecule has 0 saturated carbocycles. The van der Waals surface area contributed by atoms with Crippen LogP contribution >= 0.6 is 0 Å². The van der Waals surface area contributed by atoms with Gasteiger partial charge in [0.2, 0.25) is 0 Å². The van der Waals surface area contributed by atoms with E-state index in [4.69, 9.17) is 4.74 Å². The van der Waals surface area contributed by atoms with Crippen LogP contribution in [0.25, 0.3) is 22.1 Å². The predicted octanol–water partition coefficient (Wildman–Crippen LogP) is 2.63. The Labute approximate surface area is 135 Å². The molecule has 0 bridgehead atoms. The molecule has 2 aliphatic rings. The molecule has 0 spiro atoms. The monoisotopic (exact) mass is 313 g/mol. The van der Waals surface area contributed by atoms with E-state index in [-0.39, 0.29) is 0 Å². The summed E-state index contributed by atoms with van der Waals surface area (Å²) in [4.78, 5) is 12.0. The van der Waals surface area contributed by atoms with E-state index in [2.05, 4.69) is 30.9 Å². The zero-order valence-corrected chi connectivity index (χ0v) is 13.3. The van der Waals surface area contributed by atoms with Gasteiger partial charge in [-0.1, -0.05) is 0 Å². The van der Waals surface area contributed by atoms with Crippen molar-refractivity contribution in [3.05, 3.63) is 24.8 Å². The highest BCUT2D eigenvalue weighted by Gasteiger charge is 2.19. The lowest BCUT2D eigenvalue weighted by Crippen LogP contribution is -2.20. The third-order valence-electron chi connectivity index (χ3n) is 4.61. The second kappa shape index (κ2) is 6.68. The third-order valence-corrected chi connectivity index (χ3v) is 4.61. The Balaban J connectivity index is 0.000000233. The standard InChI is InChI=1S/C13H14N4O.C4H9N/c1-2-9(7-18-5-1)17-8-16-11-6-15-13-10(12(11)17)3-4-14-13;1-2-4-5-3-1/h3-4,6,8-9H,1-2,5,7H2,(H,14,15);5H,1-4H2. The molecule has 23 heavy (non-hydrogen) atoms. The summed E-state index contributed by atoms with van der Waals surface area (Å²) in [5.74, 6) is 0. The normalized spacial score (nSPS) is 21.5. The number of H-pyrrole nitrogens is 1. The van der Waals surface area contributed by atoms with Gasteiger partial charge in [-0.25, -0.2) is 9.97 Å². The lowest BCUT2D eigenvalue weighted by Gasteiger charge is -2.24. The van der Waals surface area contributed by atoms with Crippen molar-refractivity contribution in [2.75, 3.05) is 26.3 Å². The lowest BCUT2D eigenvalue weighted by molar-refractivity contribution is 0.0605. The highest BCUT2D eigenvalue weighted by molar-refractivity contribution is 6.00. The van der Waals surface area contributed by atoms with E-state index in [0.717, 1.165) is 48.1 Å². The summed E-state index contributed by atoms with van der Waals surface area (Å²) in [5.41, 5.74) is 3.03. The molecule has 0 amide bonds. The fraction of sp³-hybridized carbons (Fsp3) is 0.529. The minimum Gasteiger partial charge on any atom is -0.379 e. The molecule has 0 aliphatic carbocycles. The summed E-state index contributed by atoms with van der Waals surface area (Å²) < 4.78 is 7.82. The van der Waals surface area contributed by atoms with Crippen molar-refractivity contribution in [3.63, 3.8) is 0 Å². The Morgan fingerprint density at radius 2 is 2.09 bits per heavy atom. The van der Waals surface area contributed by atoms with Crippen LogP contribution in [0, 0.1) is 0 Å². The minimum atomic E-state index is 0.393. The van der Waals surface area contributed by atoms with E-state index in [9.17, 15) is 0 Å². The summed E-state index contributed by atoms with van der Waals surface area (Å²) in [6, 6.07) is 2.45. The van der Waals surface area contributed by atoms with Crippen molar-refractivity contribution in [1.82, 2.24) is 24.8 Å². The number of aromatic nitrogens is 4. The maximum absolute atomic E-state index is 5.58.